The van der Waals surface area contributed by atoms with Gasteiger partial charge in [-0.15, -0.1) is 0 Å². The summed E-state index contributed by atoms with van der Waals surface area (Å²) >= 11 is 14.3. The molecule has 15 heavy (non-hydrogen) atoms. The highest BCUT2D eigenvalue weighted by atomic mass is 79.9. The Labute approximate surface area is 122 Å². The van der Waals surface area contributed by atoms with Crippen molar-refractivity contribution in [3.05, 3.63) is 53.4 Å². The van der Waals surface area contributed by atoms with Gasteiger partial charge >= 0.3 is 0 Å². The van der Waals surface area contributed by atoms with Crippen molar-refractivity contribution in [3.63, 3.8) is 0 Å². The minimum absolute atomic E-state index is 0.905. The smallest absolute Gasteiger partial charge is 0.0222 e. The summed E-state index contributed by atoms with van der Waals surface area (Å²) in [6.45, 7) is 0. The van der Waals surface area contributed by atoms with Crippen molar-refractivity contribution >= 4 is 63.7 Å². The number of allylic oxidation sites excluding steroid dienone is 10. The molecule has 2 aliphatic carbocycles. The molecule has 78 valence electrons. The lowest BCUT2D eigenvalue weighted by molar-refractivity contribution is 1.21. The van der Waals surface area contributed by atoms with Crippen LogP contribution in [0.5, 0.6) is 0 Å². The molecule has 0 saturated heterocycles. The highest BCUT2D eigenvalue weighted by molar-refractivity contribution is 9.12. The number of hydrogen-bond donors (Lipinski definition) is 0. The lowest BCUT2D eigenvalue weighted by atomic mass is 10.1. The summed E-state index contributed by atoms with van der Waals surface area (Å²) in [7, 11) is 0. The summed E-state index contributed by atoms with van der Waals surface area (Å²) in [5.74, 6) is 0. The Morgan fingerprint density at radius 2 is 1.13 bits per heavy atom. The van der Waals surface area contributed by atoms with Gasteiger partial charge in [0.25, 0.3) is 0 Å². The van der Waals surface area contributed by atoms with Gasteiger partial charge < -0.3 is 0 Å². The van der Waals surface area contributed by atoms with Crippen LogP contribution in [0.1, 0.15) is 6.42 Å². The van der Waals surface area contributed by atoms with E-state index in [1.807, 2.05) is 0 Å². The van der Waals surface area contributed by atoms with Gasteiger partial charge in [0, 0.05) is 24.4 Å². The Hall–Kier alpha value is 0.620. The molecule has 0 fully saturated rings. The van der Waals surface area contributed by atoms with Crippen LogP contribution in [0.3, 0.4) is 0 Å². The van der Waals surface area contributed by atoms with Gasteiger partial charge in [0.1, 0.15) is 0 Å². The Morgan fingerprint density at radius 1 is 0.733 bits per heavy atom. The lowest BCUT2D eigenvalue weighted by Gasteiger charge is -2.07. The molecule has 2 bridgehead atoms. The lowest BCUT2D eigenvalue weighted by Crippen LogP contribution is -1.88. The minimum atomic E-state index is 0.905. The van der Waals surface area contributed by atoms with Crippen LogP contribution in [0.25, 0.3) is 0 Å². The number of rotatable bonds is 0. The van der Waals surface area contributed by atoms with Crippen LogP contribution >= 0.6 is 63.7 Å². The summed E-state index contributed by atoms with van der Waals surface area (Å²) in [6, 6.07) is 0. The highest BCUT2D eigenvalue weighted by Crippen LogP contribution is 2.41. The Bertz CT molecular complexity index is 419. The molecule has 0 aromatic heterocycles. The van der Waals surface area contributed by atoms with E-state index >= 15 is 0 Å². The predicted octanol–water partition coefficient (Wildman–Crippen LogP) is 5.82. The maximum Gasteiger partial charge on any atom is 0.0222 e. The van der Waals surface area contributed by atoms with Crippen LogP contribution < -0.4 is 0 Å². The topological polar surface area (TPSA) is 0 Å². The zero-order chi connectivity index (χ0) is 11.0. The van der Waals surface area contributed by atoms with Gasteiger partial charge in [-0.3, -0.25) is 0 Å². The van der Waals surface area contributed by atoms with Crippen LogP contribution in [0.2, 0.25) is 0 Å². The Kier molecular flexibility index (Phi) is 3.92. The van der Waals surface area contributed by atoms with Crippen molar-refractivity contribution in [1.29, 1.82) is 0 Å². The molecular formula is C11H6Br4. The molecule has 2 rings (SSSR count). The van der Waals surface area contributed by atoms with Gasteiger partial charge in [0.15, 0.2) is 0 Å². The largest absolute Gasteiger partial charge is 0.0505 e. The molecular weight excluding hydrogens is 452 g/mol. The molecule has 2 aliphatic rings. The normalized spacial score (nSPS) is 21.1. The zero-order valence-electron chi connectivity index (χ0n) is 7.53. The van der Waals surface area contributed by atoms with E-state index in [9.17, 15) is 0 Å². The van der Waals surface area contributed by atoms with Crippen molar-refractivity contribution in [3.8, 4) is 0 Å². The molecule has 0 radical (unpaired) electrons. The quantitative estimate of drug-likeness (QED) is 0.430. The first-order valence-corrected chi connectivity index (χ1v) is 7.46. The Morgan fingerprint density at radius 3 is 1.53 bits per heavy atom. The fourth-order valence-electron chi connectivity index (χ4n) is 1.44. The highest BCUT2D eigenvalue weighted by Gasteiger charge is 2.18. The average Bonchev–Trinajstić information content (AvgIpc) is 2.44. The summed E-state index contributed by atoms with van der Waals surface area (Å²) < 4.78 is 4.47. The van der Waals surface area contributed by atoms with Gasteiger partial charge in [-0.25, -0.2) is 0 Å². The first-order valence-electron chi connectivity index (χ1n) is 4.28. The maximum atomic E-state index is 3.58. The van der Waals surface area contributed by atoms with Gasteiger partial charge in [0.2, 0.25) is 0 Å². The van der Waals surface area contributed by atoms with E-state index < -0.39 is 0 Å². The van der Waals surface area contributed by atoms with Gasteiger partial charge in [0.05, 0.1) is 0 Å². The zero-order valence-corrected chi connectivity index (χ0v) is 13.9. The predicted molar refractivity (Wildman–Crippen MR) is 79.7 cm³/mol. The minimum Gasteiger partial charge on any atom is -0.0505 e. The molecule has 0 atom stereocenters. The second-order valence-corrected chi connectivity index (χ2v) is 6.61. The SMILES string of the molecule is BrC1=CC=C(Br)C2=C(Br)C=CC(Br)=C1C2. The van der Waals surface area contributed by atoms with E-state index in [-0.39, 0.29) is 0 Å². The van der Waals surface area contributed by atoms with Gasteiger partial charge in [-0.05, 0) is 35.5 Å². The summed E-state index contributed by atoms with van der Waals surface area (Å²) in [6.07, 6.45) is 9.16. The number of halogens is 4. The van der Waals surface area contributed by atoms with Crippen LogP contribution in [0.4, 0.5) is 0 Å². The molecule has 0 nitrogen and oxygen atoms in total. The fraction of sp³-hybridized carbons (Fsp3) is 0.0909. The molecule has 0 amide bonds. The van der Waals surface area contributed by atoms with Crippen LogP contribution in [0, 0.1) is 0 Å². The number of fused-ring (bicyclic) bond motifs is 2. The summed E-state index contributed by atoms with van der Waals surface area (Å²) in [4.78, 5) is 0. The molecule has 0 saturated carbocycles. The fourth-order valence-corrected chi connectivity index (χ4v) is 3.91. The maximum absolute atomic E-state index is 3.58. The molecule has 0 aliphatic heterocycles. The van der Waals surface area contributed by atoms with Crippen LogP contribution in [0.15, 0.2) is 53.4 Å². The molecule has 0 aromatic rings. The Balaban J connectivity index is 2.65. The van der Waals surface area contributed by atoms with E-state index in [0.717, 1.165) is 24.4 Å². The molecule has 0 unspecified atom stereocenters. The average molecular weight is 458 g/mol. The van der Waals surface area contributed by atoms with Crippen LogP contribution in [-0.2, 0) is 0 Å². The van der Waals surface area contributed by atoms with E-state index in [1.165, 1.54) is 11.1 Å². The molecule has 0 heterocycles. The standard InChI is InChI=1S/C11H6Br4/c12-8-1-2-9(13)7-5-6(8)10(14)3-4-11(7)15/h1-4H,5H2. The van der Waals surface area contributed by atoms with Crippen molar-refractivity contribution in [1.82, 2.24) is 0 Å². The molecule has 0 N–H and O–H groups in total. The van der Waals surface area contributed by atoms with Gasteiger partial charge in [-0.1, -0.05) is 63.7 Å². The first-order chi connectivity index (χ1) is 7.09. The van der Waals surface area contributed by atoms with Crippen molar-refractivity contribution in [2.24, 2.45) is 0 Å². The first kappa shape index (κ1) is 12.1. The van der Waals surface area contributed by atoms with Gasteiger partial charge in [-0.2, -0.15) is 0 Å². The molecule has 0 spiro atoms. The van der Waals surface area contributed by atoms with Crippen molar-refractivity contribution in [2.45, 2.75) is 6.42 Å². The van der Waals surface area contributed by atoms with E-state index in [2.05, 4.69) is 88.0 Å². The third kappa shape index (κ3) is 2.48. The monoisotopic (exact) mass is 454 g/mol. The number of hydrogen-bond acceptors (Lipinski definition) is 0. The molecule has 0 aromatic carbocycles. The second kappa shape index (κ2) is 4.86. The van der Waals surface area contributed by atoms with Crippen molar-refractivity contribution in [2.75, 3.05) is 0 Å². The van der Waals surface area contributed by atoms with E-state index in [4.69, 9.17) is 0 Å². The second-order valence-electron chi connectivity index (χ2n) is 3.19. The third-order valence-electron chi connectivity index (χ3n) is 2.26. The molecule has 4 heteroatoms. The van der Waals surface area contributed by atoms with Crippen LogP contribution in [-0.4, -0.2) is 0 Å². The van der Waals surface area contributed by atoms with E-state index in [0.29, 0.717) is 0 Å². The van der Waals surface area contributed by atoms with E-state index in [1.54, 1.807) is 0 Å². The summed E-state index contributed by atoms with van der Waals surface area (Å²) in [5, 5.41) is 0. The summed E-state index contributed by atoms with van der Waals surface area (Å²) in [5.41, 5.74) is 2.53. The van der Waals surface area contributed by atoms with Crippen molar-refractivity contribution < 1.29 is 0 Å². The third-order valence-corrected chi connectivity index (χ3v) is 5.23.